The summed E-state index contributed by atoms with van der Waals surface area (Å²) in [5.74, 6) is 0.00845. The van der Waals surface area contributed by atoms with Crippen LogP contribution in [0.1, 0.15) is 58.4 Å². The zero-order chi connectivity index (χ0) is 17.5. The van der Waals surface area contributed by atoms with Crippen molar-refractivity contribution in [3.8, 4) is 0 Å². The second kappa shape index (κ2) is 6.03. The van der Waals surface area contributed by atoms with E-state index in [9.17, 15) is 9.18 Å². The number of carbonyl (C=O) groups is 1. The highest BCUT2D eigenvalue weighted by atomic mass is 19.1. The van der Waals surface area contributed by atoms with Gasteiger partial charge in [0.05, 0.1) is 0 Å². The maximum Gasteiger partial charge on any atom is 0.315 e. The SMILES string of the molecule is CC1(C)CC(NC(=O)N[C@@H]2C[C@@H]2c2cccc(F)c2)CC(C)(C)N1. The van der Waals surface area contributed by atoms with Crippen molar-refractivity contribution >= 4 is 6.03 Å². The van der Waals surface area contributed by atoms with Gasteiger partial charge in [-0.15, -0.1) is 0 Å². The van der Waals surface area contributed by atoms with Crippen LogP contribution >= 0.6 is 0 Å². The highest BCUT2D eigenvalue weighted by molar-refractivity contribution is 5.75. The van der Waals surface area contributed by atoms with Gasteiger partial charge < -0.3 is 16.0 Å². The molecule has 1 saturated heterocycles. The minimum Gasteiger partial charge on any atom is -0.335 e. The van der Waals surface area contributed by atoms with E-state index in [4.69, 9.17) is 0 Å². The number of amides is 2. The van der Waals surface area contributed by atoms with Crippen LogP contribution in [0.3, 0.4) is 0 Å². The molecule has 0 spiro atoms. The van der Waals surface area contributed by atoms with Gasteiger partial charge in [0, 0.05) is 29.1 Å². The van der Waals surface area contributed by atoms with Crippen LogP contribution in [0.15, 0.2) is 24.3 Å². The standard InChI is InChI=1S/C19H28FN3O/c1-18(2)10-14(11-19(3,4)23-18)21-17(24)22-16-9-15(16)12-6-5-7-13(20)8-12/h5-8,14-16,23H,9-11H2,1-4H3,(H2,21,22,24)/t15-,16-/m1/s1. The van der Waals surface area contributed by atoms with Crippen LogP contribution in [-0.4, -0.2) is 29.2 Å². The van der Waals surface area contributed by atoms with Gasteiger partial charge in [-0.2, -0.15) is 0 Å². The summed E-state index contributed by atoms with van der Waals surface area (Å²) in [4.78, 5) is 12.3. The number of benzene rings is 1. The summed E-state index contributed by atoms with van der Waals surface area (Å²) in [7, 11) is 0. The molecule has 1 aliphatic carbocycles. The molecule has 4 nitrogen and oxygen atoms in total. The smallest absolute Gasteiger partial charge is 0.315 e. The molecule has 2 amide bonds. The lowest BCUT2D eigenvalue weighted by Crippen LogP contribution is -2.62. The van der Waals surface area contributed by atoms with Crippen LogP contribution in [0.2, 0.25) is 0 Å². The summed E-state index contributed by atoms with van der Waals surface area (Å²) in [6.45, 7) is 8.67. The molecule has 1 aromatic carbocycles. The molecule has 3 rings (SSSR count). The molecule has 1 aromatic rings. The molecule has 0 bridgehead atoms. The Kier molecular flexibility index (Phi) is 4.32. The molecule has 24 heavy (non-hydrogen) atoms. The number of halogens is 1. The number of urea groups is 1. The molecule has 1 aliphatic heterocycles. The predicted molar refractivity (Wildman–Crippen MR) is 93.5 cm³/mol. The van der Waals surface area contributed by atoms with Crippen LogP contribution in [-0.2, 0) is 0 Å². The predicted octanol–water partition coefficient (Wildman–Crippen LogP) is 3.29. The van der Waals surface area contributed by atoms with Gasteiger partial charge in [-0.3, -0.25) is 0 Å². The summed E-state index contributed by atoms with van der Waals surface area (Å²) in [6, 6.07) is 6.79. The maximum absolute atomic E-state index is 13.3. The highest BCUT2D eigenvalue weighted by Gasteiger charge is 2.41. The summed E-state index contributed by atoms with van der Waals surface area (Å²) < 4.78 is 13.3. The molecule has 2 fully saturated rings. The average Bonchev–Trinajstić information content (AvgIpc) is 3.13. The van der Waals surface area contributed by atoms with Crippen molar-refractivity contribution in [2.75, 3.05) is 0 Å². The monoisotopic (exact) mass is 333 g/mol. The first-order valence-corrected chi connectivity index (χ1v) is 8.75. The molecule has 1 heterocycles. The number of hydrogen-bond acceptors (Lipinski definition) is 2. The van der Waals surface area contributed by atoms with Crippen LogP contribution in [0, 0.1) is 5.82 Å². The molecule has 5 heteroatoms. The van der Waals surface area contributed by atoms with Crippen LogP contribution in [0.5, 0.6) is 0 Å². The number of hydrogen-bond donors (Lipinski definition) is 3. The van der Waals surface area contributed by atoms with Crippen LogP contribution in [0.25, 0.3) is 0 Å². The summed E-state index contributed by atoms with van der Waals surface area (Å²) >= 11 is 0. The Bertz CT molecular complexity index is 613. The molecular weight excluding hydrogens is 305 g/mol. The Labute approximate surface area is 143 Å². The quantitative estimate of drug-likeness (QED) is 0.795. The molecule has 0 aromatic heterocycles. The normalized spacial score (nSPS) is 28.2. The van der Waals surface area contributed by atoms with Crippen molar-refractivity contribution in [2.45, 2.75) is 76.0 Å². The molecule has 1 saturated carbocycles. The second-order valence-corrected chi connectivity index (χ2v) is 8.62. The van der Waals surface area contributed by atoms with Gasteiger partial charge in [0.25, 0.3) is 0 Å². The minimum absolute atomic E-state index is 0.00335. The molecule has 0 unspecified atom stereocenters. The lowest BCUT2D eigenvalue weighted by molar-refractivity contribution is 0.147. The van der Waals surface area contributed by atoms with Gasteiger partial charge in [-0.25, -0.2) is 9.18 Å². The summed E-state index contributed by atoms with van der Waals surface area (Å²) in [6.07, 6.45) is 2.68. The lowest BCUT2D eigenvalue weighted by Gasteiger charge is -2.46. The Morgan fingerprint density at radius 2 is 1.83 bits per heavy atom. The van der Waals surface area contributed by atoms with E-state index in [1.165, 1.54) is 6.07 Å². The zero-order valence-corrected chi connectivity index (χ0v) is 14.9. The third-order valence-corrected chi connectivity index (χ3v) is 4.91. The number of rotatable bonds is 3. The fourth-order valence-corrected chi connectivity index (χ4v) is 4.28. The van der Waals surface area contributed by atoms with E-state index in [1.807, 2.05) is 6.07 Å². The summed E-state index contributed by atoms with van der Waals surface area (Å²) in [5.41, 5.74) is 0.969. The van der Waals surface area contributed by atoms with Crippen LogP contribution < -0.4 is 16.0 Å². The van der Waals surface area contributed by atoms with E-state index >= 15 is 0 Å². The number of piperidine rings is 1. The number of nitrogens with one attached hydrogen (secondary N) is 3. The fourth-order valence-electron chi connectivity index (χ4n) is 4.28. The molecular formula is C19H28FN3O. The third-order valence-electron chi connectivity index (χ3n) is 4.91. The van der Waals surface area contributed by atoms with Gasteiger partial charge in [-0.05, 0) is 64.7 Å². The van der Waals surface area contributed by atoms with Gasteiger partial charge >= 0.3 is 6.03 Å². The van der Waals surface area contributed by atoms with Gasteiger partial charge in [0.1, 0.15) is 5.82 Å². The molecule has 3 N–H and O–H groups in total. The van der Waals surface area contributed by atoms with Crippen molar-refractivity contribution < 1.29 is 9.18 Å². The first kappa shape index (κ1) is 17.2. The van der Waals surface area contributed by atoms with Crippen molar-refractivity contribution in [1.82, 2.24) is 16.0 Å². The maximum atomic E-state index is 13.3. The van der Waals surface area contributed by atoms with Crippen molar-refractivity contribution in [1.29, 1.82) is 0 Å². The lowest BCUT2D eigenvalue weighted by atomic mass is 9.80. The molecule has 0 radical (unpaired) electrons. The molecule has 2 atom stereocenters. The first-order valence-electron chi connectivity index (χ1n) is 8.75. The van der Waals surface area contributed by atoms with E-state index in [0.717, 1.165) is 24.8 Å². The zero-order valence-electron chi connectivity index (χ0n) is 14.9. The largest absolute Gasteiger partial charge is 0.335 e. The topological polar surface area (TPSA) is 53.2 Å². The molecule has 132 valence electrons. The van der Waals surface area contributed by atoms with E-state index in [0.29, 0.717) is 0 Å². The minimum atomic E-state index is -0.221. The number of carbonyl (C=O) groups excluding carboxylic acids is 1. The Morgan fingerprint density at radius 1 is 1.17 bits per heavy atom. The van der Waals surface area contributed by atoms with Crippen molar-refractivity contribution in [3.63, 3.8) is 0 Å². The van der Waals surface area contributed by atoms with E-state index < -0.39 is 0 Å². The van der Waals surface area contributed by atoms with Crippen molar-refractivity contribution in [2.24, 2.45) is 0 Å². The van der Waals surface area contributed by atoms with Gasteiger partial charge in [0.15, 0.2) is 0 Å². The average molecular weight is 333 g/mol. The Morgan fingerprint density at radius 3 is 2.46 bits per heavy atom. The second-order valence-electron chi connectivity index (χ2n) is 8.62. The van der Waals surface area contributed by atoms with Crippen LogP contribution in [0.4, 0.5) is 9.18 Å². The first-order chi connectivity index (χ1) is 11.1. The van der Waals surface area contributed by atoms with E-state index in [-0.39, 0.29) is 40.9 Å². The van der Waals surface area contributed by atoms with Crippen molar-refractivity contribution in [3.05, 3.63) is 35.6 Å². The molecule has 2 aliphatic rings. The summed E-state index contributed by atoms with van der Waals surface area (Å²) in [5, 5.41) is 9.77. The Hall–Kier alpha value is -1.62. The van der Waals surface area contributed by atoms with Gasteiger partial charge in [-0.1, -0.05) is 12.1 Å². The fraction of sp³-hybridized carbons (Fsp3) is 0.632. The third kappa shape index (κ3) is 4.26. The van der Waals surface area contributed by atoms with E-state index in [2.05, 4.69) is 43.6 Å². The van der Waals surface area contributed by atoms with Gasteiger partial charge in [0.2, 0.25) is 0 Å². The Balaban J connectivity index is 1.52. The van der Waals surface area contributed by atoms with E-state index in [1.54, 1.807) is 12.1 Å². The highest BCUT2D eigenvalue weighted by Crippen LogP contribution is 2.40.